The number of benzene rings is 1. The average Bonchev–Trinajstić information content (AvgIpc) is 2.80. The lowest BCUT2D eigenvalue weighted by atomic mass is 9.98. The van der Waals surface area contributed by atoms with Crippen molar-refractivity contribution in [1.82, 2.24) is 5.32 Å². The number of fused-ring (bicyclic) bond motifs is 1. The van der Waals surface area contributed by atoms with Crippen molar-refractivity contribution in [3.63, 3.8) is 0 Å². The minimum absolute atomic E-state index is 0.301. The molecule has 0 amide bonds. The van der Waals surface area contributed by atoms with E-state index >= 15 is 0 Å². The van der Waals surface area contributed by atoms with Gasteiger partial charge in [0.2, 0.25) is 5.94 Å². The fourth-order valence-corrected chi connectivity index (χ4v) is 3.12. The number of hydrogen-bond donors (Lipinski definition) is 2. The molecule has 1 unspecified atom stereocenters. The normalized spacial score (nSPS) is 25.8. The van der Waals surface area contributed by atoms with Gasteiger partial charge in [-0.1, -0.05) is 6.07 Å². The van der Waals surface area contributed by atoms with Crippen molar-refractivity contribution in [3.05, 3.63) is 23.8 Å². The smallest absolute Gasteiger partial charge is 0.268 e. The summed E-state index contributed by atoms with van der Waals surface area (Å²) in [6.07, 6.45) is 1.09. The number of sulfonamides is 1. The zero-order valence-electron chi connectivity index (χ0n) is 9.27. The summed E-state index contributed by atoms with van der Waals surface area (Å²) < 4.78 is 30.5. The summed E-state index contributed by atoms with van der Waals surface area (Å²) in [5.74, 6) is 0.769. The second kappa shape index (κ2) is 3.89. The molecular formula is C11H14N2O3S. The van der Waals surface area contributed by atoms with Crippen molar-refractivity contribution in [2.24, 2.45) is 0 Å². The van der Waals surface area contributed by atoms with Crippen molar-refractivity contribution in [1.29, 1.82) is 0 Å². The van der Waals surface area contributed by atoms with Crippen LogP contribution in [0.15, 0.2) is 18.2 Å². The van der Waals surface area contributed by atoms with E-state index in [1.807, 2.05) is 18.2 Å². The highest BCUT2D eigenvalue weighted by Crippen LogP contribution is 2.34. The summed E-state index contributed by atoms with van der Waals surface area (Å²) in [4.78, 5) is 0. The average molecular weight is 254 g/mol. The van der Waals surface area contributed by atoms with Gasteiger partial charge in [0.05, 0.1) is 5.69 Å². The third kappa shape index (κ3) is 2.10. The molecule has 1 aromatic rings. The summed E-state index contributed by atoms with van der Waals surface area (Å²) in [6, 6.07) is 5.73. The Morgan fingerprint density at radius 2 is 2.24 bits per heavy atom. The third-order valence-electron chi connectivity index (χ3n) is 3.17. The van der Waals surface area contributed by atoms with Crippen LogP contribution in [0.1, 0.15) is 17.9 Å². The van der Waals surface area contributed by atoms with Gasteiger partial charge in [0, 0.05) is 6.54 Å². The van der Waals surface area contributed by atoms with E-state index in [0.717, 1.165) is 25.1 Å². The molecule has 1 fully saturated rings. The van der Waals surface area contributed by atoms with Crippen LogP contribution in [0, 0.1) is 0 Å². The number of hydrogen-bond acceptors (Lipinski definition) is 4. The number of nitrogens with one attached hydrogen (secondary N) is 2. The van der Waals surface area contributed by atoms with E-state index in [9.17, 15) is 8.42 Å². The van der Waals surface area contributed by atoms with E-state index in [2.05, 4.69) is 10.0 Å². The van der Waals surface area contributed by atoms with Crippen LogP contribution in [0.2, 0.25) is 0 Å². The Hall–Kier alpha value is -1.27. The maximum Gasteiger partial charge on any atom is 0.268 e. The first-order valence-corrected chi connectivity index (χ1v) is 7.27. The highest BCUT2D eigenvalue weighted by atomic mass is 32.2. The van der Waals surface area contributed by atoms with E-state index < -0.39 is 10.0 Å². The molecule has 2 aliphatic rings. The first-order valence-electron chi connectivity index (χ1n) is 5.62. The van der Waals surface area contributed by atoms with Crippen LogP contribution in [0.3, 0.4) is 0 Å². The van der Waals surface area contributed by atoms with Gasteiger partial charge in [-0.05, 0) is 36.6 Å². The Morgan fingerprint density at radius 3 is 3.00 bits per heavy atom. The van der Waals surface area contributed by atoms with E-state index in [1.165, 1.54) is 0 Å². The van der Waals surface area contributed by atoms with Crippen LogP contribution in [-0.2, 0) is 10.0 Å². The second-order valence-electron chi connectivity index (χ2n) is 4.42. The molecule has 0 aromatic heterocycles. The standard InChI is InChI=1S/C11H14N2O3S/c14-17(15)7-16-11-2-1-8(5-10(11)13-17)9-3-4-12-6-9/h1-2,5,9,12-13H,3-4,6-7H2. The van der Waals surface area contributed by atoms with E-state index in [-0.39, 0.29) is 5.94 Å². The van der Waals surface area contributed by atoms with E-state index in [1.54, 1.807) is 0 Å². The van der Waals surface area contributed by atoms with Gasteiger partial charge in [-0.3, -0.25) is 4.72 Å². The Bertz CT molecular complexity index is 536. The zero-order chi connectivity index (χ0) is 11.9. The predicted molar refractivity (Wildman–Crippen MR) is 64.7 cm³/mol. The highest BCUT2D eigenvalue weighted by molar-refractivity contribution is 7.92. The summed E-state index contributed by atoms with van der Waals surface area (Å²) in [5.41, 5.74) is 1.71. The minimum Gasteiger partial charge on any atom is -0.474 e. The van der Waals surface area contributed by atoms with Gasteiger partial charge in [-0.25, -0.2) is 8.42 Å². The molecule has 5 nitrogen and oxygen atoms in total. The molecule has 3 rings (SSSR count). The molecule has 6 heteroatoms. The molecule has 92 valence electrons. The number of anilines is 1. The van der Waals surface area contributed by atoms with Crippen molar-refractivity contribution >= 4 is 15.7 Å². The molecule has 2 aliphatic heterocycles. The van der Waals surface area contributed by atoms with E-state index in [4.69, 9.17) is 4.74 Å². The number of rotatable bonds is 1. The molecular weight excluding hydrogens is 240 g/mol. The van der Waals surface area contributed by atoms with Gasteiger partial charge >= 0.3 is 0 Å². The molecule has 2 heterocycles. The molecule has 0 aliphatic carbocycles. The molecule has 0 bridgehead atoms. The fourth-order valence-electron chi connectivity index (χ4n) is 2.28. The SMILES string of the molecule is O=S1(=O)COc2ccc(C3CCNC3)cc2N1. The highest BCUT2D eigenvalue weighted by Gasteiger charge is 2.23. The summed E-state index contributed by atoms with van der Waals surface area (Å²) >= 11 is 0. The van der Waals surface area contributed by atoms with Crippen LogP contribution in [-0.4, -0.2) is 27.4 Å². The number of ether oxygens (including phenoxy) is 1. The van der Waals surface area contributed by atoms with Gasteiger partial charge in [0.15, 0.2) is 0 Å². The molecule has 0 spiro atoms. The van der Waals surface area contributed by atoms with Gasteiger partial charge in [0.25, 0.3) is 10.0 Å². The van der Waals surface area contributed by atoms with Crippen LogP contribution >= 0.6 is 0 Å². The second-order valence-corrected chi connectivity index (χ2v) is 6.09. The van der Waals surface area contributed by atoms with Crippen LogP contribution < -0.4 is 14.8 Å². The third-order valence-corrected chi connectivity index (χ3v) is 4.13. The Kier molecular flexibility index (Phi) is 2.48. The maximum atomic E-state index is 11.4. The monoisotopic (exact) mass is 254 g/mol. The van der Waals surface area contributed by atoms with Gasteiger partial charge in [-0.2, -0.15) is 0 Å². The van der Waals surface area contributed by atoms with Crippen molar-refractivity contribution < 1.29 is 13.2 Å². The lowest BCUT2D eigenvalue weighted by Crippen LogP contribution is -2.25. The van der Waals surface area contributed by atoms with Crippen molar-refractivity contribution in [3.8, 4) is 5.75 Å². The minimum atomic E-state index is -3.32. The molecule has 1 atom stereocenters. The summed E-state index contributed by atoms with van der Waals surface area (Å²) in [5, 5.41) is 3.30. The Labute approximate surface area is 100 Å². The molecule has 17 heavy (non-hydrogen) atoms. The molecule has 0 saturated carbocycles. The van der Waals surface area contributed by atoms with Crippen LogP contribution in [0.5, 0.6) is 5.75 Å². The topological polar surface area (TPSA) is 67.4 Å². The largest absolute Gasteiger partial charge is 0.474 e. The molecule has 1 saturated heterocycles. The van der Waals surface area contributed by atoms with Crippen molar-refractivity contribution in [2.75, 3.05) is 23.8 Å². The zero-order valence-corrected chi connectivity index (χ0v) is 10.1. The summed E-state index contributed by atoms with van der Waals surface area (Å²) in [6.45, 7) is 1.97. The van der Waals surface area contributed by atoms with Crippen LogP contribution in [0.25, 0.3) is 0 Å². The Morgan fingerprint density at radius 1 is 1.35 bits per heavy atom. The first kappa shape index (κ1) is 10.9. The lowest BCUT2D eigenvalue weighted by Gasteiger charge is -2.21. The fraction of sp³-hybridized carbons (Fsp3) is 0.455. The van der Waals surface area contributed by atoms with Gasteiger partial charge < -0.3 is 10.1 Å². The molecule has 1 aromatic carbocycles. The maximum absolute atomic E-state index is 11.4. The lowest BCUT2D eigenvalue weighted by molar-refractivity contribution is 0.374. The van der Waals surface area contributed by atoms with E-state index in [0.29, 0.717) is 17.4 Å². The van der Waals surface area contributed by atoms with Gasteiger partial charge in [0.1, 0.15) is 5.75 Å². The first-order chi connectivity index (χ1) is 8.14. The molecule has 0 radical (unpaired) electrons. The van der Waals surface area contributed by atoms with Gasteiger partial charge in [-0.15, -0.1) is 0 Å². The quantitative estimate of drug-likeness (QED) is 0.780. The summed E-state index contributed by atoms with van der Waals surface area (Å²) in [7, 11) is -3.32. The Balaban J connectivity index is 1.95. The molecule has 2 N–H and O–H groups in total. The van der Waals surface area contributed by atoms with Crippen LogP contribution in [0.4, 0.5) is 5.69 Å². The van der Waals surface area contributed by atoms with Crippen molar-refractivity contribution in [2.45, 2.75) is 12.3 Å². The predicted octanol–water partition coefficient (Wildman–Crippen LogP) is 0.855.